The zero-order valence-corrected chi connectivity index (χ0v) is 42.1. The Bertz CT molecular complexity index is 1190. The van der Waals surface area contributed by atoms with E-state index in [1.54, 1.807) is 0 Å². The molecule has 0 saturated heterocycles. The molecule has 0 aromatic carbocycles. The quantitative estimate of drug-likeness (QED) is 0.0195. The zero-order valence-electron chi connectivity index (χ0n) is 42.1. The van der Waals surface area contributed by atoms with Crippen LogP contribution in [-0.2, 0) is 33.3 Å². The number of likely N-dealkylation sites (N-methyl/N-ethyl adjacent to an activating group) is 1. The van der Waals surface area contributed by atoms with Gasteiger partial charge in [0.15, 0.2) is 12.4 Å². The molecule has 0 amide bonds. The Balaban J connectivity index is 4.35. The number of aliphatic carboxylic acids is 1. The maximum absolute atomic E-state index is 12.8. The van der Waals surface area contributed by atoms with Crippen molar-refractivity contribution in [1.82, 2.24) is 0 Å². The van der Waals surface area contributed by atoms with E-state index in [0.717, 1.165) is 77.0 Å². The average molecular weight is 902 g/mol. The third-order valence-electron chi connectivity index (χ3n) is 11.3. The van der Waals surface area contributed by atoms with Crippen LogP contribution >= 0.6 is 0 Å². The summed E-state index contributed by atoms with van der Waals surface area (Å²) in [6.45, 7) is 4.72. The number of esters is 2. The average Bonchev–Trinajstić information content (AvgIpc) is 3.26. The van der Waals surface area contributed by atoms with Crippen molar-refractivity contribution in [3.63, 3.8) is 0 Å². The molecule has 64 heavy (non-hydrogen) atoms. The zero-order chi connectivity index (χ0) is 47.0. The SMILES string of the molecule is CCCCCCC/C=C\C/C=C\C/C=C\CCCCCCCCCCC(=O)OC(COC(=O)CCCCCCC/C=C\CCCCCCCCC)COC(OCC[N+](C)(C)C)C(=O)[O-]. The molecule has 0 aliphatic rings. The first-order valence-corrected chi connectivity index (χ1v) is 26.3. The first-order valence-electron chi connectivity index (χ1n) is 26.3. The molecule has 9 nitrogen and oxygen atoms in total. The van der Waals surface area contributed by atoms with Crippen molar-refractivity contribution in [2.45, 2.75) is 238 Å². The van der Waals surface area contributed by atoms with E-state index in [2.05, 4.69) is 62.5 Å². The van der Waals surface area contributed by atoms with E-state index in [-0.39, 0.29) is 38.6 Å². The molecule has 0 spiro atoms. The lowest BCUT2D eigenvalue weighted by molar-refractivity contribution is -0.870. The van der Waals surface area contributed by atoms with Crippen LogP contribution in [0.1, 0.15) is 226 Å². The van der Waals surface area contributed by atoms with Crippen LogP contribution in [0.4, 0.5) is 0 Å². The predicted octanol–water partition coefficient (Wildman–Crippen LogP) is 13.4. The van der Waals surface area contributed by atoms with E-state index in [1.807, 2.05) is 21.1 Å². The van der Waals surface area contributed by atoms with Crippen molar-refractivity contribution in [1.29, 1.82) is 0 Å². The van der Waals surface area contributed by atoms with E-state index in [1.165, 1.54) is 116 Å². The Hall–Kier alpha value is -2.75. The molecule has 0 heterocycles. The van der Waals surface area contributed by atoms with E-state index >= 15 is 0 Å². The van der Waals surface area contributed by atoms with Crippen LogP contribution in [0.3, 0.4) is 0 Å². The van der Waals surface area contributed by atoms with E-state index in [9.17, 15) is 19.5 Å². The molecule has 0 N–H and O–H groups in total. The molecule has 0 bridgehead atoms. The van der Waals surface area contributed by atoms with Crippen LogP contribution in [0.2, 0.25) is 0 Å². The molecular formula is C55H99NO8. The summed E-state index contributed by atoms with van der Waals surface area (Å²) in [6, 6.07) is 0. The van der Waals surface area contributed by atoms with Crippen molar-refractivity contribution < 1.29 is 42.9 Å². The molecule has 0 aliphatic carbocycles. The minimum atomic E-state index is -1.62. The molecule has 2 atom stereocenters. The maximum atomic E-state index is 12.8. The second kappa shape index (κ2) is 46.8. The molecule has 0 aromatic rings. The van der Waals surface area contributed by atoms with Gasteiger partial charge >= 0.3 is 11.9 Å². The summed E-state index contributed by atoms with van der Waals surface area (Å²) in [5.74, 6) is -2.30. The van der Waals surface area contributed by atoms with Gasteiger partial charge < -0.3 is 33.3 Å². The highest BCUT2D eigenvalue weighted by atomic mass is 16.7. The number of carboxylic acid groups (broad SMARTS) is 1. The molecule has 0 aliphatic heterocycles. The van der Waals surface area contributed by atoms with Gasteiger partial charge in [-0.2, -0.15) is 0 Å². The highest BCUT2D eigenvalue weighted by molar-refractivity contribution is 5.70. The first-order chi connectivity index (χ1) is 31.1. The third kappa shape index (κ3) is 47.2. The topological polar surface area (TPSA) is 111 Å². The number of nitrogens with zero attached hydrogens (tertiary/aromatic N) is 1. The maximum Gasteiger partial charge on any atom is 0.306 e. The molecule has 372 valence electrons. The lowest BCUT2D eigenvalue weighted by atomic mass is 10.1. The normalized spacial score (nSPS) is 13.2. The first kappa shape index (κ1) is 61.2. The second-order valence-electron chi connectivity index (χ2n) is 18.8. The molecule has 0 fully saturated rings. The van der Waals surface area contributed by atoms with Crippen molar-refractivity contribution in [2.24, 2.45) is 0 Å². The summed E-state index contributed by atoms with van der Waals surface area (Å²) < 4.78 is 22.6. The molecule has 2 unspecified atom stereocenters. The summed E-state index contributed by atoms with van der Waals surface area (Å²) in [5, 5.41) is 11.7. The Morgan fingerprint density at radius 1 is 0.469 bits per heavy atom. The summed E-state index contributed by atoms with van der Waals surface area (Å²) in [4.78, 5) is 37.1. The largest absolute Gasteiger partial charge is 0.545 e. The summed E-state index contributed by atoms with van der Waals surface area (Å²) in [6.07, 6.45) is 52.8. The number of allylic oxidation sites excluding steroid dienone is 8. The Morgan fingerprint density at radius 3 is 1.27 bits per heavy atom. The lowest BCUT2D eigenvalue weighted by Crippen LogP contribution is -2.44. The highest BCUT2D eigenvalue weighted by Crippen LogP contribution is 2.14. The number of ether oxygens (including phenoxy) is 4. The number of unbranched alkanes of at least 4 members (excludes halogenated alkanes) is 25. The minimum absolute atomic E-state index is 0.144. The van der Waals surface area contributed by atoms with Gasteiger partial charge in [0.2, 0.25) is 0 Å². The number of carbonyl (C=O) groups is 3. The van der Waals surface area contributed by atoms with Crippen molar-refractivity contribution >= 4 is 17.9 Å². The smallest absolute Gasteiger partial charge is 0.306 e. The number of quaternary nitrogens is 1. The van der Waals surface area contributed by atoms with Gasteiger partial charge in [-0.1, -0.05) is 184 Å². The Labute approximate surface area is 393 Å². The lowest BCUT2D eigenvalue weighted by Gasteiger charge is -2.26. The molecule has 0 rings (SSSR count). The van der Waals surface area contributed by atoms with Gasteiger partial charge in [-0.15, -0.1) is 0 Å². The van der Waals surface area contributed by atoms with Gasteiger partial charge in [-0.05, 0) is 77.0 Å². The number of carbonyl (C=O) groups excluding carboxylic acids is 3. The summed E-state index contributed by atoms with van der Waals surface area (Å²) >= 11 is 0. The van der Waals surface area contributed by atoms with Crippen LogP contribution in [0.5, 0.6) is 0 Å². The van der Waals surface area contributed by atoms with Gasteiger partial charge in [0.05, 0.1) is 40.3 Å². The van der Waals surface area contributed by atoms with Crippen LogP contribution in [0, 0.1) is 0 Å². The summed E-state index contributed by atoms with van der Waals surface area (Å²) in [5.41, 5.74) is 0. The Morgan fingerprint density at radius 2 is 0.844 bits per heavy atom. The molecular weight excluding hydrogens is 803 g/mol. The van der Waals surface area contributed by atoms with Crippen LogP contribution in [-0.4, -0.2) is 82.3 Å². The number of hydrogen-bond acceptors (Lipinski definition) is 8. The standard InChI is InChI=1S/C55H99NO8/c1-6-8-10-12-14-16-18-20-22-24-25-26-27-28-29-30-32-34-36-38-40-42-44-46-53(58)64-51(50-63-55(54(59)60)61-48-47-56(3,4)5)49-62-52(57)45-43-41-39-37-35-33-31-23-21-19-17-15-13-11-9-7-2/h18,20,23-25,27-28,31,51,55H,6-17,19,21-22,26,29-30,32-50H2,1-5H3/b20-18-,25-24-,28-27-,31-23-. The van der Waals surface area contributed by atoms with Crippen molar-refractivity contribution in [2.75, 3.05) is 47.5 Å². The monoisotopic (exact) mass is 902 g/mol. The molecule has 9 heteroatoms. The number of hydrogen-bond donors (Lipinski definition) is 0. The van der Waals surface area contributed by atoms with Crippen molar-refractivity contribution in [3.8, 4) is 0 Å². The van der Waals surface area contributed by atoms with Crippen LogP contribution in [0.25, 0.3) is 0 Å². The fourth-order valence-electron chi connectivity index (χ4n) is 7.18. The van der Waals surface area contributed by atoms with E-state index < -0.39 is 24.3 Å². The van der Waals surface area contributed by atoms with Crippen LogP contribution < -0.4 is 5.11 Å². The van der Waals surface area contributed by atoms with Gasteiger partial charge in [0.25, 0.3) is 0 Å². The minimum Gasteiger partial charge on any atom is -0.545 e. The molecule has 0 saturated carbocycles. The van der Waals surface area contributed by atoms with E-state index in [4.69, 9.17) is 18.9 Å². The third-order valence-corrected chi connectivity index (χ3v) is 11.3. The highest BCUT2D eigenvalue weighted by Gasteiger charge is 2.22. The molecule has 0 radical (unpaired) electrons. The number of rotatable bonds is 48. The van der Waals surface area contributed by atoms with Crippen molar-refractivity contribution in [3.05, 3.63) is 48.6 Å². The van der Waals surface area contributed by atoms with Gasteiger partial charge in [0.1, 0.15) is 13.2 Å². The Kier molecular flexibility index (Phi) is 44.8. The molecule has 0 aromatic heterocycles. The fraction of sp³-hybridized carbons (Fsp3) is 0.800. The predicted molar refractivity (Wildman–Crippen MR) is 265 cm³/mol. The second-order valence-corrected chi connectivity index (χ2v) is 18.8. The van der Waals surface area contributed by atoms with Gasteiger partial charge in [0, 0.05) is 12.8 Å². The summed E-state index contributed by atoms with van der Waals surface area (Å²) in [7, 11) is 5.91. The van der Waals surface area contributed by atoms with E-state index in [0.29, 0.717) is 17.4 Å². The number of carboxylic acids is 1. The fourth-order valence-corrected chi connectivity index (χ4v) is 7.18. The van der Waals surface area contributed by atoms with Gasteiger partial charge in [-0.3, -0.25) is 9.59 Å². The van der Waals surface area contributed by atoms with Crippen LogP contribution in [0.15, 0.2) is 48.6 Å². The van der Waals surface area contributed by atoms with Gasteiger partial charge in [-0.25, -0.2) is 0 Å².